The van der Waals surface area contributed by atoms with Gasteiger partial charge in [0.05, 0.1) is 11.4 Å². The van der Waals surface area contributed by atoms with Crippen LogP contribution in [0.3, 0.4) is 0 Å². The fourth-order valence-corrected chi connectivity index (χ4v) is 2.65. The van der Waals surface area contributed by atoms with Gasteiger partial charge in [0.1, 0.15) is 0 Å². The van der Waals surface area contributed by atoms with Crippen molar-refractivity contribution in [2.24, 2.45) is 10.9 Å². The first-order valence-corrected chi connectivity index (χ1v) is 8.30. The molecule has 3 rings (SSSR count). The summed E-state index contributed by atoms with van der Waals surface area (Å²) in [6.45, 7) is 3.93. The number of rotatable bonds is 3. The maximum Gasteiger partial charge on any atom is 0.335 e. The summed E-state index contributed by atoms with van der Waals surface area (Å²) in [5.74, 6) is -2.54. The Morgan fingerprint density at radius 1 is 1.04 bits per heavy atom. The lowest BCUT2D eigenvalue weighted by Gasteiger charge is -2.28. The van der Waals surface area contributed by atoms with Crippen LogP contribution in [0.5, 0.6) is 0 Å². The molecule has 4 amide bonds. The van der Waals surface area contributed by atoms with E-state index in [9.17, 15) is 14.4 Å². The molecule has 2 aromatic carbocycles. The molecule has 1 aliphatic heterocycles. The number of benzene rings is 2. The van der Waals surface area contributed by atoms with Gasteiger partial charge in [0.25, 0.3) is 5.91 Å². The van der Waals surface area contributed by atoms with Gasteiger partial charge in [0.15, 0.2) is 5.92 Å². The number of halogens is 1. The maximum absolute atomic E-state index is 12.7. The summed E-state index contributed by atoms with van der Waals surface area (Å²) in [5, 5.41) is 2.66. The van der Waals surface area contributed by atoms with Gasteiger partial charge in [0, 0.05) is 11.2 Å². The summed E-state index contributed by atoms with van der Waals surface area (Å²) < 4.78 is 0. The smallest absolute Gasteiger partial charge is 0.276 e. The van der Waals surface area contributed by atoms with Gasteiger partial charge in [-0.3, -0.25) is 19.9 Å². The second kappa shape index (κ2) is 7.09. The topological polar surface area (TPSA) is 78.8 Å². The summed E-state index contributed by atoms with van der Waals surface area (Å²) >= 11 is 5.84. The average Bonchev–Trinajstić information content (AvgIpc) is 2.59. The molecule has 26 heavy (non-hydrogen) atoms. The molecule has 0 bridgehead atoms. The van der Waals surface area contributed by atoms with Gasteiger partial charge in [-0.2, -0.15) is 0 Å². The number of hydrogen-bond donors (Lipinski definition) is 1. The zero-order chi connectivity index (χ0) is 18.8. The fourth-order valence-electron chi connectivity index (χ4n) is 2.52. The van der Waals surface area contributed by atoms with E-state index in [1.165, 1.54) is 18.3 Å². The molecule has 0 aromatic heterocycles. The lowest BCUT2D eigenvalue weighted by atomic mass is 10.1. The molecule has 0 saturated carbocycles. The number of amides is 4. The SMILES string of the molecule is Cc1ccc(N=C[C@H]2C(=O)NC(=O)N(c3ccc(Cl)cc3)C2=O)cc1C. The van der Waals surface area contributed by atoms with Gasteiger partial charge in [-0.15, -0.1) is 0 Å². The van der Waals surface area contributed by atoms with Crippen LogP contribution >= 0.6 is 11.6 Å². The molecule has 0 spiro atoms. The average molecular weight is 370 g/mol. The number of imide groups is 2. The first kappa shape index (κ1) is 17.8. The van der Waals surface area contributed by atoms with Crippen molar-refractivity contribution >= 4 is 47.0 Å². The monoisotopic (exact) mass is 369 g/mol. The van der Waals surface area contributed by atoms with Crippen molar-refractivity contribution < 1.29 is 14.4 Å². The van der Waals surface area contributed by atoms with E-state index in [4.69, 9.17) is 11.6 Å². The third-order valence-corrected chi connectivity index (χ3v) is 4.40. The molecule has 1 aliphatic rings. The molecule has 1 fully saturated rings. The number of nitrogens with one attached hydrogen (secondary N) is 1. The van der Waals surface area contributed by atoms with E-state index < -0.39 is 23.8 Å². The van der Waals surface area contributed by atoms with E-state index in [0.717, 1.165) is 16.0 Å². The molecule has 0 radical (unpaired) electrons. The van der Waals surface area contributed by atoms with Crippen molar-refractivity contribution in [3.05, 3.63) is 58.6 Å². The molecule has 1 saturated heterocycles. The Hall–Kier alpha value is -2.99. The number of barbiturate groups is 1. The van der Waals surface area contributed by atoms with Crippen molar-refractivity contribution in [2.45, 2.75) is 13.8 Å². The van der Waals surface area contributed by atoms with Crippen LogP contribution in [0.1, 0.15) is 11.1 Å². The van der Waals surface area contributed by atoms with Gasteiger partial charge >= 0.3 is 6.03 Å². The summed E-state index contributed by atoms with van der Waals surface area (Å²) in [6.07, 6.45) is 1.26. The van der Waals surface area contributed by atoms with Crippen LogP contribution in [0, 0.1) is 19.8 Å². The molecule has 1 N–H and O–H groups in total. The van der Waals surface area contributed by atoms with Gasteiger partial charge in [-0.1, -0.05) is 17.7 Å². The van der Waals surface area contributed by atoms with Gasteiger partial charge in [0.2, 0.25) is 5.91 Å². The second-order valence-corrected chi connectivity index (χ2v) is 6.41. The maximum atomic E-state index is 12.7. The lowest BCUT2D eigenvalue weighted by Crippen LogP contribution is -2.58. The van der Waals surface area contributed by atoms with Crippen LogP contribution in [0.4, 0.5) is 16.2 Å². The number of aliphatic imine (C=N–C) groups is 1. The number of hydrogen-bond acceptors (Lipinski definition) is 4. The van der Waals surface area contributed by atoms with Crippen LogP contribution in [-0.2, 0) is 9.59 Å². The van der Waals surface area contributed by atoms with E-state index in [1.807, 2.05) is 26.0 Å². The summed E-state index contributed by atoms with van der Waals surface area (Å²) in [4.78, 5) is 42.0. The minimum absolute atomic E-state index is 0.328. The molecular formula is C19H16ClN3O3. The van der Waals surface area contributed by atoms with Gasteiger partial charge in [-0.05, 0) is 61.4 Å². The number of anilines is 1. The molecule has 1 atom stereocenters. The molecule has 7 heteroatoms. The number of aryl methyl sites for hydroxylation is 2. The highest BCUT2D eigenvalue weighted by atomic mass is 35.5. The third-order valence-electron chi connectivity index (χ3n) is 4.15. The largest absolute Gasteiger partial charge is 0.335 e. The Kier molecular flexibility index (Phi) is 4.86. The molecule has 0 aliphatic carbocycles. The van der Waals surface area contributed by atoms with Gasteiger partial charge in [-0.25, -0.2) is 9.69 Å². The van der Waals surface area contributed by atoms with E-state index in [0.29, 0.717) is 16.4 Å². The van der Waals surface area contributed by atoms with E-state index in [-0.39, 0.29) is 0 Å². The first-order chi connectivity index (χ1) is 12.4. The highest BCUT2D eigenvalue weighted by molar-refractivity contribution is 6.33. The van der Waals surface area contributed by atoms with E-state index >= 15 is 0 Å². The van der Waals surface area contributed by atoms with Crippen molar-refractivity contribution in [2.75, 3.05) is 4.90 Å². The predicted octanol–water partition coefficient (Wildman–Crippen LogP) is 3.56. The zero-order valence-corrected chi connectivity index (χ0v) is 14.9. The van der Waals surface area contributed by atoms with Gasteiger partial charge < -0.3 is 0 Å². The molecule has 2 aromatic rings. The standard InChI is InChI=1S/C19H16ClN3O3/c1-11-3-6-14(9-12(11)2)21-10-16-17(24)22-19(26)23(18(16)25)15-7-4-13(20)5-8-15/h3-10,16H,1-2H3,(H,22,24,26)/t16-/m0/s1. The van der Waals surface area contributed by atoms with Crippen molar-refractivity contribution in [1.82, 2.24) is 5.32 Å². The van der Waals surface area contributed by atoms with Crippen LogP contribution in [-0.4, -0.2) is 24.1 Å². The van der Waals surface area contributed by atoms with E-state index in [2.05, 4.69) is 10.3 Å². The minimum Gasteiger partial charge on any atom is -0.276 e. The Morgan fingerprint density at radius 3 is 2.38 bits per heavy atom. The number of carbonyl (C=O) groups is 3. The number of nitrogens with zero attached hydrogens (tertiary/aromatic N) is 2. The van der Waals surface area contributed by atoms with E-state index in [1.54, 1.807) is 18.2 Å². The molecular weight excluding hydrogens is 354 g/mol. The van der Waals surface area contributed by atoms with Crippen LogP contribution in [0.25, 0.3) is 0 Å². The number of urea groups is 1. The van der Waals surface area contributed by atoms with Crippen molar-refractivity contribution in [1.29, 1.82) is 0 Å². The highest BCUT2D eigenvalue weighted by Crippen LogP contribution is 2.23. The Morgan fingerprint density at radius 2 is 1.73 bits per heavy atom. The number of carbonyl (C=O) groups excluding carboxylic acids is 3. The Labute approximate surface area is 155 Å². The summed E-state index contributed by atoms with van der Waals surface area (Å²) in [6, 6.07) is 11.0. The molecule has 6 nitrogen and oxygen atoms in total. The third kappa shape index (κ3) is 3.50. The molecule has 132 valence electrons. The Balaban J connectivity index is 1.88. The normalized spacial score (nSPS) is 17.7. The van der Waals surface area contributed by atoms with Crippen LogP contribution in [0.15, 0.2) is 47.5 Å². The highest BCUT2D eigenvalue weighted by Gasteiger charge is 2.40. The molecule has 1 heterocycles. The minimum atomic E-state index is -1.19. The fraction of sp³-hybridized carbons (Fsp3) is 0.158. The summed E-state index contributed by atoms with van der Waals surface area (Å²) in [5.41, 5.74) is 3.13. The second-order valence-electron chi connectivity index (χ2n) is 5.97. The van der Waals surface area contributed by atoms with Crippen molar-refractivity contribution in [3.8, 4) is 0 Å². The Bertz CT molecular complexity index is 922. The zero-order valence-electron chi connectivity index (χ0n) is 14.2. The lowest BCUT2D eigenvalue weighted by molar-refractivity contribution is -0.131. The quantitative estimate of drug-likeness (QED) is 0.663. The predicted molar refractivity (Wildman–Crippen MR) is 100 cm³/mol. The van der Waals surface area contributed by atoms with Crippen LogP contribution < -0.4 is 10.2 Å². The molecule has 0 unspecified atom stereocenters. The van der Waals surface area contributed by atoms with Crippen molar-refractivity contribution in [3.63, 3.8) is 0 Å². The summed E-state index contributed by atoms with van der Waals surface area (Å²) in [7, 11) is 0. The van der Waals surface area contributed by atoms with Crippen LogP contribution in [0.2, 0.25) is 5.02 Å². The first-order valence-electron chi connectivity index (χ1n) is 7.92.